The minimum atomic E-state index is -3.78. The van der Waals surface area contributed by atoms with Crippen LogP contribution in [0, 0.1) is 5.92 Å². The zero-order valence-corrected chi connectivity index (χ0v) is 24.6. The van der Waals surface area contributed by atoms with Gasteiger partial charge in [-0.1, -0.05) is 42.1 Å². The van der Waals surface area contributed by atoms with Crippen LogP contribution in [0.15, 0.2) is 66.2 Å². The Hall–Kier alpha value is -4.16. The van der Waals surface area contributed by atoms with Gasteiger partial charge in [0.1, 0.15) is 18.1 Å². The maximum atomic E-state index is 13.3. The molecule has 6 rings (SSSR count). The molecule has 1 aliphatic rings. The van der Waals surface area contributed by atoms with E-state index in [0.29, 0.717) is 52.1 Å². The molecule has 4 heterocycles. The van der Waals surface area contributed by atoms with Crippen molar-refractivity contribution in [3.05, 3.63) is 72.6 Å². The molecule has 2 aromatic carbocycles. The Balaban J connectivity index is 1.77. The first-order chi connectivity index (χ1) is 20.7. The molecule has 3 aromatic heterocycles. The van der Waals surface area contributed by atoms with Crippen LogP contribution < -0.4 is 4.74 Å². The highest BCUT2D eigenvalue weighted by Crippen LogP contribution is 2.45. The van der Waals surface area contributed by atoms with Gasteiger partial charge in [0, 0.05) is 38.3 Å². The lowest BCUT2D eigenvalue weighted by atomic mass is 9.86. The Bertz CT molecular complexity index is 1920. The number of pyridine rings is 1. The highest BCUT2D eigenvalue weighted by atomic mass is 32.2. The summed E-state index contributed by atoms with van der Waals surface area (Å²) in [5, 5.41) is 8.70. The molecule has 9 nitrogen and oxygen atoms in total. The average molecular weight is 608 g/mol. The topological polar surface area (TPSA) is 101 Å². The molecular weight excluding hydrogens is 576 g/mol. The number of rotatable bonds is 9. The zero-order valence-electron chi connectivity index (χ0n) is 23.8. The number of ether oxygens (including phenoxy) is 2. The van der Waals surface area contributed by atoms with Crippen molar-refractivity contribution in [2.24, 2.45) is 13.0 Å². The van der Waals surface area contributed by atoms with Crippen LogP contribution in [0.2, 0.25) is 0 Å². The number of hydrogen-bond donors (Lipinski definition) is 0. The highest BCUT2D eigenvalue weighted by molar-refractivity contribution is 7.91. The summed E-state index contributed by atoms with van der Waals surface area (Å²) in [5.41, 5.74) is 4.34. The molecule has 0 aliphatic carbocycles. The van der Waals surface area contributed by atoms with Crippen LogP contribution in [0.5, 0.6) is 5.75 Å². The summed E-state index contributed by atoms with van der Waals surface area (Å²) in [6, 6.07) is 14.3. The van der Waals surface area contributed by atoms with Crippen molar-refractivity contribution in [3.63, 3.8) is 0 Å². The molecule has 1 atom stereocenters. The van der Waals surface area contributed by atoms with Crippen molar-refractivity contribution in [2.75, 3.05) is 26.1 Å². The van der Waals surface area contributed by atoms with E-state index in [1.165, 1.54) is 12.1 Å². The Morgan fingerprint density at radius 2 is 1.91 bits per heavy atom. The van der Waals surface area contributed by atoms with Crippen LogP contribution >= 0.6 is 0 Å². The van der Waals surface area contributed by atoms with Crippen LogP contribution in [0.25, 0.3) is 39.3 Å². The lowest BCUT2D eigenvalue weighted by molar-refractivity contribution is 0.0552. The molecule has 1 saturated heterocycles. The van der Waals surface area contributed by atoms with Crippen LogP contribution in [-0.4, -0.2) is 65.5 Å². The third-order valence-electron chi connectivity index (χ3n) is 7.92. The number of alkyl halides is 2. The second-order valence-electron chi connectivity index (χ2n) is 10.7. The molecule has 0 spiro atoms. The summed E-state index contributed by atoms with van der Waals surface area (Å²) in [5.74, 6) is 0.221. The van der Waals surface area contributed by atoms with E-state index in [2.05, 4.69) is 16.9 Å². The van der Waals surface area contributed by atoms with E-state index in [9.17, 15) is 17.2 Å². The Morgan fingerprint density at radius 1 is 1.16 bits per heavy atom. The van der Waals surface area contributed by atoms with Gasteiger partial charge >= 0.3 is 0 Å². The molecule has 0 amide bonds. The summed E-state index contributed by atoms with van der Waals surface area (Å²) < 4.78 is 68.3. The van der Waals surface area contributed by atoms with Crippen molar-refractivity contribution >= 4 is 37.8 Å². The lowest BCUT2D eigenvalue weighted by Crippen LogP contribution is -2.27. The van der Waals surface area contributed by atoms with E-state index >= 15 is 0 Å². The molecule has 5 aromatic rings. The fourth-order valence-corrected chi connectivity index (χ4v) is 6.99. The van der Waals surface area contributed by atoms with Gasteiger partial charge in [-0.3, -0.25) is 4.98 Å². The highest BCUT2D eigenvalue weighted by Gasteiger charge is 2.33. The predicted octanol–water partition coefficient (Wildman–Crippen LogP) is 5.69. The summed E-state index contributed by atoms with van der Waals surface area (Å²) in [6.45, 7) is 4.16. The fourth-order valence-electron chi connectivity index (χ4n) is 6.12. The zero-order chi connectivity index (χ0) is 30.3. The third kappa shape index (κ3) is 5.29. The minimum absolute atomic E-state index is 0.0634. The molecular formula is C31H31F2N5O4S. The maximum absolute atomic E-state index is 13.3. The average Bonchev–Trinajstić information content (AvgIpc) is 3.54. The standard InChI is InChI=1S/C31H31F2N5O4S/c1-4-22-30(37(2)36-35-22)21-16-23-28(34-17-21)27-24(42-18-26(32)33)10-11-25(43(3,39)40)31(27)38(23)29(19-8-6-5-7-9-19)20-12-14-41-15-13-20/h4-11,16-17,20,26,29H,1,12-15,18H2,2-3H3/t29-/m1/s1. The number of hydrogen-bond acceptors (Lipinski definition) is 7. The first kappa shape index (κ1) is 28.9. The van der Waals surface area contributed by atoms with Crippen LogP contribution in [0.4, 0.5) is 8.78 Å². The quantitative estimate of drug-likeness (QED) is 0.212. The minimum Gasteiger partial charge on any atom is -0.487 e. The number of sulfone groups is 1. The van der Waals surface area contributed by atoms with Crippen molar-refractivity contribution in [1.82, 2.24) is 24.5 Å². The second-order valence-corrected chi connectivity index (χ2v) is 12.7. The van der Waals surface area contributed by atoms with Crippen molar-refractivity contribution in [2.45, 2.75) is 30.2 Å². The van der Waals surface area contributed by atoms with Crippen LogP contribution in [-0.2, 0) is 21.6 Å². The molecule has 12 heteroatoms. The van der Waals surface area contributed by atoms with E-state index in [4.69, 9.17) is 14.5 Å². The van der Waals surface area contributed by atoms with Gasteiger partial charge < -0.3 is 14.0 Å². The Morgan fingerprint density at radius 3 is 2.58 bits per heavy atom. The molecule has 0 radical (unpaired) electrons. The molecule has 1 fully saturated rings. The van der Waals surface area contributed by atoms with E-state index in [1.807, 2.05) is 41.0 Å². The maximum Gasteiger partial charge on any atom is 0.272 e. The van der Waals surface area contributed by atoms with Gasteiger partial charge in [0.25, 0.3) is 6.43 Å². The Kier molecular flexibility index (Phi) is 7.74. The third-order valence-corrected chi connectivity index (χ3v) is 9.05. The van der Waals surface area contributed by atoms with Crippen LogP contribution in [0.1, 0.15) is 30.1 Å². The fraction of sp³-hybridized carbons (Fsp3) is 0.323. The van der Waals surface area contributed by atoms with E-state index in [1.54, 1.807) is 24.0 Å². The molecule has 1 aliphatic heterocycles. The first-order valence-corrected chi connectivity index (χ1v) is 15.8. The molecule has 0 saturated carbocycles. The van der Waals surface area contributed by atoms with Gasteiger partial charge in [-0.2, -0.15) is 0 Å². The number of nitrogens with zero attached hydrogens (tertiary/aromatic N) is 5. The van der Waals surface area contributed by atoms with Gasteiger partial charge in [-0.15, -0.1) is 5.10 Å². The van der Waals surface area contributed by atoms with Crippen LogP contribution in [0.3, 0.4) is 0 Å². The van der Waals surface area contributed by atoms with Crippen molar-refractivity contribution < 1.29 is 26.7 Å². The number of aromatic nitrogens is 5. The summed E-state index contributed by atoms with van der Waals surface area (Å²) in [7, 11) is -2.01. The molecule has 0 unspecified atom stereocenters. The normalized spacial score (nSPS) is 15.4. The summed E-state index contributed by atoms with van der Waals surface area (Å²) in [6.07, 6.45) is 3.17. The smallest absolute Gasteiger partial charge is 0.272 e. The molecule has 0 N–H and O–H groups in total. The number of fused-ring (bicyclic) bond motifs is 3. The summed E-state index contributed by atoms with van der Waals surface area (Å²) >= 11 is 0. The van der Waals surface area contributed by atoms with Gasteiger partial charge in [0.05, 0.1) is 38.6 Å². The largest absolute Gasteiger partial charge is 0.487 e. The number of halogens is 2. The molecule has 43 heavy (non-hydrogen) atoms. The molecule has 224 valence electrons. The predicted molar refractivity (Wildman–Crippen MR) is 160 cm³/mol. The van der Waals surface area contributed by atoms with E-state index < -0.39 is 22.9 Å². The first-order valence-electron chi connectivity index (χ1n) is 13.9. The monoisotopic (exact) mass is 607 g/mol. The van der Waals surface area contributed by atoms with Crippen molar-refractivity contribution in [1.29, 1.82) is 0 Å². The van der Waals surface area contributed by atoms with Gasteiger partial charge in [0.2, 0.25) is 0 Å². The second kappa shape index (κ2) is 11.5. The van der Waals surface area contributed by atoms with Gasteiger partial charge in [0.15, 0.2) is 9.84 Å². The van der Waals surface area contributed by atoms with Crippen molar-refractivity contribution in [3.8, 4) is 17.0 Å². The molecule has 0 bridgehead atoms. The van der Waals surface area contributed by atoms with E-state index in [0.717, 1.165) is 24.7 Å². The van der Waals surface area contributed by atoms with E-state index in [-0.39, 0.29) is 22.6 Å². The van der Waals surface area contributed by atoms with Gasteiger partial charge in [-0.05, 0) is 48.6 Å². The SMILES string of the molecule is C=Cc1nnn(C)c1-c1cnc2c3c(OCC(F)F)ccc(S(C)(=O)=O)c3n([C@H](c3ccccc3)C3CCOCC3)c2c1. The lowest BCUT2D eigenvalue weighted by Gasteiger charge is -2.33. The number of aryl methyl sites for hydroxylation is 1. The van der Waals surface area contributed by atoms with Gasteiger partial charge in [-0.25, -0.2) is 21.9 Å². The number of benzene rings is 2. The Labute approximate surface area is 247 Å². The summed E-state index contributed by atoms with van der Waals surface area (Å²) in [4.78, 5) is 4.89.